The van der Waals surface area contributed by atoms with Crippen LogP contribution in [0.2, 0.25) is 0 Å². The number of nitrogens with one attached hydrogen (secondary N) is 1. The molecule has 16 heavy (non-hydrogen) atoms. The SMILES string of the molecule is Cc1ncc(S(=O)(=O)N(C)CCN(C)C)[nH]1. The summed E-state index contributed by atoms with van der Waals surface area (Å²) >= 11 is 0. The highest BCUT2D eigenvalue weighted by molar-refractivity contribution is 7.89. The van der Waals surface area contributed by atoms with E-state index in [0.29, 0.717) is 18.9 Å². The normalized spacial score (nSPS) is 12.6. The number of hydrogen-bond acceptors (Lipinski definition) is 4. The van der Waals surface area contributed by atoms with Crippen LogP contribution >= 0.6 is 0 Å². The predicted octanol–water partition coefficient (Wildman–Crippen LogP) is -0.0998. The zero-order chi connectivity index (χ0) is 12.3. The summed E-state index contributed by atoms with van der Waals surface area (Å²) in [6, 6.07) is 0. The molecule has 0 radical (unpaired) electrons. The molecule has 0 aromatic carbocycles. The summed E-state index contributed by atoms with van der Waals surface area (Å²) in [4.78, 5) is 8.55. The van der Waals surface area contributed by atoms with E-state index in [1.807, 2.05) is 19.0 Å². The molecule has 1 N–H and O–H groups in total. The topological polar surface area (TPSA) is 69.3 Å². The van der Waals surface area contributed by atoms with Crippen molar-refractivity contribution < 1.29 is 8.42 Å². The maximum atomic E-state index is 12.0. The zero-order valence-electron chi connectivity index (χ0n) is 10.1. The van der Waals surface area contributed by atoms with Crippen molar-refractivity contribution in [2.45, 2.75) is 11.9 Å². The average molecular weight is 246 g/mol. The fraction of sp³-hybridized carbons (Fsp3) is 0.667. The second-order valence-electron chi connectivity index (χ2n) is 3.96. The molecule has 0 amide bonds. The Morgan fingerprint density at radius 2 is 1.94 bits per heavy atom. The van der Waals surface area contributed by atoms with E-state index in [9.17, 15) is 8.42 Å². The molecule has 6 nitrogen and oxygen atoms in total. The molecule has 0 saturated carbocycles. The number of likely N-dealkylation sites (N-methyl/N-ethyl adjacent to an activating group) is 2. The molecule has 0 saturated heterocycles. The minimum absolute atomic E-state index is 0.145. The Morgan fingerprint density at radius 3 is 2.38 bits per heavy atom. The standard InChI is InChI=1S/C9H18N4O2S/c1-8-10-7-9(11-8)16(14,15)13(4)6-5-12(2)3/h7H,5-6H2,1-4H3,(H,10,11). The van der Waals surface area contributed by atoms with Crippen LogP contribution in [0.4, 0.5) is 0 Å². The molecule has 0 aliphatic carbocycles. The number of H-pyrrole nitrogens is 1. The first-order chi connectivity index (χ1) is 7.34. The lowest BCUT2D eigenvalue weighted by Crippen LogP contribution is -2.33. The second kappa shape index (κ2) is 4.94. The summed E-state index contributed by atoms with van der Waals surface area (Å²) in [6.07, 6.45) is 1.34. The number of aryl methyl sites for hydroxylation is 1. The minimum Gasteiger partial charge on any atom is -0.332 e. The molecule has 1 aromatic rings. The third kappa shape index (κ3) is 3.03. The van der Waals surface area contributed by atoms with Gasteiger partial charge < -0.3 is 9.88 Å². The zero-order valence-corrected chi connectivity index (χ0v) is 10.9. The van der Waals surface area contributed by atoms with Gasteiger partial charge in [-0.15, -0.1) is 0 Å². The van der Waals surface area contributed by atoms with Gasteiger partial charge in [0.2, 0.25) is 0 Å². The number of nitrogens with zero attached hydrogens (tertiary/aromatic N) is 3. The van der Waals surface area contributed by atoms with E-state index in [2.05, 4.69) is 9.97 Å². The summed E-state index contributed by atoms with van der Waals surface area (Å²) in [5.74, 6) is 0.597. The van der Waals surface area contributed by atoms with Gasteiger partial charge >= 0.3 is 0 Å². The van der Waals surface area contributed by atoms with Crippen LogP contribution < -0.4 is 0 Å². The maximum absolute atomic E-state index is 12.0. The lowest BCUT2D eigenvalue weighted by atomic mass is 10.6. The van der Waals surface area contributed by atoms with Gasteiger partial charge in [0, 0.05) is 20.1 Å². The average Bonchev–Trinajstić information content (AvgIpc) is 2.61. The lowest BCUT2D eigenvalue weighted by Gasteiger charge is -2.18. The van der Waals surface area contributed by atoms with Crippen molar-refractivity contribution in [1.82, 2.24) is 19.2 Å². The molecule has 7 heteroatoms. The van der Waals surface area contributed by atoms with Crippen LogP contribution in [-0.4, -0.2) is 61.8 Å². The van der Waals surface area contributed by atoms with E-state index in [-0.39, 0.29) is 5.03 Å². The fourth-order valence-corrected chi connectivity index (χ4v) is 2.28. The molecular weight excluding hydrogens is 228 g/mol. The van der Waals surface area contributed by atoms with Crippen molar-refractivity contribution in [3.05, 3.63) is 12.0 Å². The number of aromatic amines is 1. The first-order valence-corrected chi connectivity index (χ1v) is 6.40. The number of sulfonamides is 1. The summed E-state index contributed by atoms with van der Waals surface area (Å²) in [5, 5.41) is 0.145. The molecule has 0 aliphatic heterocycles. The van der Waals surface area contributed by atoms with Crippen molar-refractivity contribution in [2.75, 3.05) is 34.2 Å². The van der Waals surface area contributed by atoms with Crippen molar-refractivity contribution in [1.29, 1.82) is 0 Å². The number of imidazole rings is 1. The number of hydrogen-bond donors (Lipinski definition) is 1. The quantitative estimate of drug-likeness (QED) is 0.787. The van der Waals surface area contributed by atoms with Crippen molar-refractivity contribution in [3.8, 4) is 0 Å². The molecule has 1 rings (SSSR count). The molecule has 1 heterocycles. The van der Waals surface area contributed by atoms with E-state index in [1.165, 1.54) is 10.5 Å². The number of rotatable bonds is 5. The molecule has 92 valence electrons. The van der Waals surface area contributed by atoms with Gasteiger partial charge in [-0.1, -0.05) is 0 Å². The Labute approximate surface area is 96.3 Å². The van der Waals surface area contributed by atoms with Gasteiger partial charge in [-0.3, -0.25) is 0 Å². The van der Waals surface area contributed by atoms with E-state index in [1.54, 1.807) is 14.0 Å². The Kier molecular flexibility index (Phi) is 4.06. The summed E-state index contributed by atoms with van der Waals surface area (Å²) in [5.41, 5.74) is 0. The van der Waals surface area contributed by atoms with Gasteiger partial charge in [0.25, 0.3) is 10.0 Å². The molecule has 1 aromatic heterocycles. The predicted molar refractivity (Wildman–Crippen MR) is 61.7 cm³/mol. The first-order valence-electron chi connectivity index (χ1n) is 4.96. The largest absolute Gasteiger partial charge is 0.332 e. The smallest absolute Gasteiger partial charge is 0.259 e. The van der Waals surface area contributed by atoms with Gasteiger partial charge in [-0.2, -0.15) is 4.31 Å². The van der Waals surface area contributed by atoms with Crippen LogP contribution in [0.15, 0.2) is 11.2 Å². The highest BCUT2D eigenvalue weighted by Gasteiger charge is 2.22. The third-order valence-electron chi connectivity index (χ3n) is 2.23. The van der Waals surface area contributed by atoms with Gasteiger partial charge in [-0.05, 0) is 21.0 Å². The Balaban J connectivity index is 2.78. The third-order valence-corrected chi connectivity index (χ3v) is 4.00. The van der Waals surface area contributed by atoms with Crippen LogP contribution in [0.3, 0.4) is 0 Å². The Morgan fingerprint density at radius 1 is 1.31 bits per heavy atom. The van der Waals surface area contributed by atoms with E-state index < -0.39 is 10.0 Å². The first kappa shape index (κ1) is 13.1. The van der Waals surface area contributed by atoms with E-state index >= 15 is 0 Å². The summed E-state index contributed by atoms with van der Waals surface area (Å²) in [7, 11) is 1.95. The van der Waals surface area contributed by atoms with Gasteiger partial charge in [0.15, 0.2) is 5.03 Å². The van der Waals surface area contributed by atoms with Gasteiger partial charge in [0.05, 0.1) is 6.20 Å². The van der Waals surface area contributed by atoms with Gasteiger partial charge in [0.1, 0.15) is 5.82 Å². The highest BCUT2D eigenvalue weighted by atomic mass is 32.2. The second-order valence-corrected chi connectivity index (χ2v) is 5.98. The van der Waals surface area contributed by atoms with Gasteiger partial charge in [-0.25, -0.2) is 13.4 Å². The molecule has 0 fully saturated rings. The van der Waals surface area contributed by atoms with Crippen LogP contribution in [0.5, 0.6) is 0 Å². The fourth-order valence-electron chi connectivity index (χ4n) is 1.16. The van der Waals surface area contributed by atoms with Crippen molar-refractivity contribution in [2.24, 2.45) is 0 Å². The number of aromatic nitrogens is 2. The maximum Gasteiger partial charge on any atom is 0.259 e. The Bertz CT molecular complexity index is 438. The Hall–Kier alpha value is -0.920. The molecule has 0 aliphatic rings. The van der Waals surface area contributed by atoms with E-state index in [0.717, 1.165) is 0 Å². The van der Waals surface area contributed by atoms with Crippen molar-refractivity contribution in [3.63, 3.8) is 0 Å². The summed E-state index contributed by atoms with van der Waals surface area (Å²) in [6.45, 7) is 2.86. The molecular formula is C9H18N4O2S. The van der Waals surface area contributed by atoms with E-state index in [4.69, 9.17) is 0 Å². The van der Waals surface area contributed by atoms with Crippen LogP contribution in [0.1, 0.15) is 5.82 Å². The van der Waals surface area contributed by atoms with Crippen molar-refractivity contribution >= 4 is 10.0 Å². The van der Waals surface area contributed by atoms with Crippen LogP contribution in [0, 0.1) is 6.92 Å². The lowest BCUT2D eigenvalue weighted by molar-refractivity contribution is 0.358. The summed E-state index contributed by atoms with van der Waals surface area (Å²) < 4.78 is 25.3. The van der Waals surface area contributed by atoms with Crippen LogP contribution in [-0.2, 0) is 10.0 Å². The molecule has 0 spiro atoms. The highest BCUT2D eigenvalue weighted by Crippen LogP contribution is 2.10. The monoisotopic (exact) mass is 246 g/mol. The molecule has 0 atom stereocenters. The molecule has 0 unspecified atom stereocenters. The molecule has 0 bridgehead atoms. The minimum atomic E-state index is -3.43. The van der Waals surface area contributed by atoms with Crippen LogP contribution in [0.25, 0.3) is 0 Å².